The van der Waals surface area contributed by atoms with E-state index in [4.69, 9.17) is 4.74 Å². The van der Waals surface area contributed by atoms with Crippen LogP contribution in [0, 0.1) is 5.92 Å². The highest BCUT2D eigenvalue weighted by atomic mass is 16.5. The van der Waals surface area contributed by atoms with Gasteiger partial charge in [0.15, 0.2) is 0 Å². The summed E-state index contributed by atoms with van der Waals surface area (Å²) in [5, 5.41) is 13.2. The van der Waals surface area contributed by atoms with Gasteiger partial charge >= 0.3 is 0 Å². The third-order valence-corrected chi connectivity index (χ3v) is 6.57. The van der Waals surface area contributed by atoms with Crippen LogP contribution in [0.1, 0.15) is 51.5 Å². The minimum atomic E-state index is -0.0624. The second-order valence-corrected chi connectivity index (χ2v) is 8.80. The summed E-state index contributed by atoms with van der Waals surface area (Å²) < 4.78 is 10.3. The molecule has 2 atom stereocenters. The standard InChI is InChI=1S/C23H29N5O2/c1-15(17-10-23(29)24-11-17)30-22-9-16(8-21-20(22)14-27(2)26-21)18-12-25-28(13-18)19-6-4-3-5-7-19/h8-9,12-15,17,19H,3-7,10-11H2,1-2H3,(H,24,29)/t15-,17-/m1/s1. The maximum atomic E-state index is 11.6. The molecule has 3 heterocycles. The molecule has 2 aliphatic rings. The van der Waals surface area contributed by atoms with E-state index in [-0.39, 0.29) is 17.9 Å². The first-order valence-electron chi connectivity index (χ1n) is 11.0. The van der Waals surface area contributed by atoms with Crippen LogP contribution in [-0.2, 0) is 11.8 Å². The van der Waals surface area contributed by atoms with E-state index in [1.165, 1.54) is 32.1 Å². The van der Waals surface area contributed by atoms with E-state index in [0.29, 0.717) is 19.0 Å². The number of hydrogen-bond donors (Lipinski definition) is 1. The van der Waals surface area contributed by atoms with Crippen LogP contribution in [0.2, 0.25) is 0 Å². The molecule has 2 fully saturated rings. The molecule has 1 saturated heterocycles. The molecule has 1 saturated carbocycles. The zero-order valence-electron chi connectivity index (χ0n) is 17.7. The van der Waals surface area contributed by atoms with Crippen molar-refractivity contribution in [3.05, 3.63) is 30.7 Å². The Hall–Kier alpha value is -2.83. The summed E-state index contributed by atoms with van der Waals surface area (Å²) in [6, 6.07) is 4.71. The largest absolute Gasteiger partial charge is 0.490 e. The summed E-state index contributed by atoms with van der Waals surface area (Å²) in [4.78, 5) is 11.6. The normalized spacial score (nSPS) is 21.1. The molecule has 3 aromatic rings. The number of ether oxygens (including phenoxy) is 1. The molecule has 0 unspecified atom stereocenters. The van der Waals surface area contributed by atoms with E-state index >= 15 is 0 Å². The maximum absolute atomic E-state index is 11.6. The Balaban J connectivity index is 1.46. The van der Waals surface area contributed by atoms with Gasteiger partial charge in [0.1, 0.15) is 11.9 Å². The summed E-state index contributed by atoms with van der Waals surface area (Å²) in [5.41, 5.74) is 3.05. The van der Waals surface area contributed by atoms with Crippen LogP contribution in [0.4, 0.5) is 0 Å². The van der Waals surface area contributed by atoms with Gasteiger partial charge in [-0.2, -0.15) is 10.2 Å². The van der Waals surface area contributed by atoms with Gasteiger partial charge in [-0.3, -0.25) is 14.2 Å². The molecular formula is C23H29N5O2. The second kappa shape index (κ2) is 7.78. The van der Waals surface area contributed by atoms with Gasteiger partial charge < -0.3 is 10.1 Å². The predicted octanol–water partition coefficient (Wildman–Crippen LogP) is 3.85. The first-order valence-corrected chi connectivity index (χ1v) is 11.0. The van der Waals surface area contributed by atoms with Crippen LogP contribution < -0.4 is 10.1 Å². The number of nitrogens with one attached hydrogen (secondary N) is 1. The van der Waals surface area contributed by atoms with Crippen molar-refractivity contribution < 1.29 is 9.53 Å². The van der Waals surface area contributed by atoms with Crippen molar-refractivity contribution in [2.45, 2.75) is 57.6 Å². The summed E-state index contributed by atoms with van der Waals surface area (Å²) in [7, 11) is 1.92. The van der Waals surface area contributed by atoms with Crippen molar-refractivity contribution in [3.8, 4) is 16.9 Å². The Morgan fingerprint density at radius 2 is 2.00 bits per heavy atom. The third-order valence-electron chi connectivity index (χ3n) is 6.57. The smallest absolute Gasteiger partial charge is 0.220 e. The Kier molecular flexibility index (Phi) is 4.97. The summed E-state index contributed by atoms with van der Waals surface area (Å²) in [6.07, 6.45) is 12.9. The number of rotatable bonds is 5. The minimum absolute atomic E-state index is 0.0624. The molecule has 7 nitrogen and oxygen atoms in total. The van der Waals surface area contributed by atoms with Crippen molar-refractivity contribution in [1.82, 2.24) is 24.9 Å². The van der Waals surface area contributed by atoms with Gasteiger partial charge in [0.25, 0.3) is 0 Å². The fraction of sp³-hybridized carbons (Fsp3) is 0.522. The predicted molar refractivity (Wildman–Crippen MR) is 115 cm³/mol. The van der Waals surface area contributed by atoms with Crippen molar-refractivity contribution in [2.24, 2.45) is 13.0 Å². The lowest BCUT2D eigenvalue weighted by molar-refractivity contribution is -0.119. The first-order chi connectivity index (χ1) is 14.6. The number of fused-ring (bicyclic) bond motifs is 1. The Morgan fingerprint density at radius 1 is 1.17 bits per heavy atom. The molecule has 2 aromatic heterocycles. The summed E-state index contributed by atoms with van der Waals surface area (Å²) >= 11 is 0. The number of carbonyl (C=O) groups is 1. The van der Waals surface area contributed by atoms with Gasteiger partial charge in [-0.25, -0.2) is 0 Å². The highest BCUT2D eigenvalue weighted by Crippen LogP contribution is 2.35. The lowest BCUT2D eigenvalue weighted by Gasteiger charge is -2.21. The van der Waals surface area contributed by atoms with Crippen LogP contribution >= 0.6 is 0 Å². The highest BCUT2D eigenvalue weighted by Gasteiger charge is 2.28. The molecule has 0 radical (unpaired) electrons. The number of hydrogen-bond acceptors (Lipinski definition) is 4. The number of carbonyl (C=O) groups excluding carboxylic acids is 1. The number of amides is 1. The fourth-order valence-electron chi connectivity index (χ4n) is 4.76. The number of benzene rings is 1. The fourth-order valence-corrected chi connectivity index (χ4v) is 4.76. The van der Waals surface area contributed by atoms with E-state index in [9.17, 15) is 4.79 Å². The van der Waals surface area contributed by atoms with Gasteiger partial charge in [0.2, 0.25) is 5.91 Å². The van der Waals surface area contributed by atoms with E-state index in [0.717, 1.165) is 27.8 Å². The molecule has 5 rings (SSSR count). The average molecular weight is 408 g/mol. The Morgan fingerprint density at radius 3 is 2.77 bits per heavy atom. The average Bonchev–Trinajstić information content (AvgIpc) is 3.47. The lowest BCUT2D eigenvalue weighted by Crippen LogP contribution is -2.25. The van der Waals surface area contributed by atoms with Crippen LogP contribution in [0.15, 0.2) is 30.7 Å². The van der Waals surface area contributed by atoms with Crippen molar-refractivity contribution in [1.29, 1.82) is 0 Å². The van der Waals surface area contributed by atoms with Crippen LogP contribution in [0.5, 0.6) is 5.75 Å². The zero-order valence-corrected chi connectivity index (χ0v) is 17.7. The lowest BCUT2D eigenvalue weighted by atomic mass is 9.96. The number of nitrogens with zero attached hydrogens (tertiary/aromatic N) is 4. The monoisotopic (exact) mass is 407 g/mol. The highest BCUT2D eigenvalue weighted by molar-refractivity contribution is 5.89. The molecule has 0 spiro atoms. The van der Waals surface area contributed by atoms with Gasteiger partial charge in [0, 0.05) is 43.9 Å². The van der Waals surface area contributed by atoms with Crippen molar-refractivity contribution in [2.75, 3.05) is 6.54 Å². The van der Waals surface area contributed by atoms with E-state index in [2.05, 4.69) is 38.5 Å². The number of aromatic nitrogens is 4. The summed E-state index contributed by atoms with van der Waals surface area (Å²) in [6.45, 7) is 2.71. The van der Waals surface area contributed by atoms with Crippen LogP contribution in [0.3, 0.4) is 0 Å². The molecule has 1 aromatic carbocycles. The molecule has 1 amide bonds. The molecule has 7 heteroatoms. The molecule has 30 heavy (non-hydrogen) atoms. The molecule has 158 valence electrons. The quantitative estimate of drug-likeness (QED) is 0.697. The maximum Gasteiger partial charge on any atom is 0.220 e. The molecule has 0 bridgehead atoms. The van der Waals surface area contributed by atoms with Gasteiger partial charge in [-0.05, 0) is 37.5 Å². The van der Waals surface area contributed by atoms with Crippen molar-refractivity contribution in [3.63, 3.8) is 0 Å². The van der Waals surface area contributed by atoms with Gasteiger partial charge in [-0.15, -0.1) is 0 Å². The van der Waals surface area contributed by atoms with Crippen molar-refractivity contribution >= 4 is 16.8 Å². The number of aryl methyl sites for hydroxylation is 1. The van der Waals surface area contributed by atoms with E-state index < -0.39 is 0 Å². The topological polar surface area (TPSA) is 74.0 Å². The molecule has 1 aliphatic heterocycles. The Labute approximate surface area is 176 Å². The second-order valence-electron chi connectivity index (χ2n) is 8.80. The van der Waals surface area contributed by atoms with E-state index in [1.54, 1.807) is 0 Å². The SMILES string of the molecule is C[C@@H](Oc1cc(-c2cnn(C3CCCCC3)c2)cc2nn(C)cc12)[C@H]1CNC(=O)C1. The minimum Gasteiger partial charge on any atom is -0.490 e. The molecular weight excluding hydrogens is 378 g/mol. The molecule has 1 aliphatic carbocycles. The van der Waals surface area contributed by atoms with Crippen LogP contribution in [0.25, 0.3) is 22.0 Å². The summed E-state index contributed by atoms with van der Waals surface area (Å²) in [5.74, 6) is 1.10. The zero-order chi connectivity index (χ0) is 20.7. The van der Waals surface area contributed by atoms with Gasteiger partial charge in [0.05, 0.1) is 23.1 Å². The first kappa shape index (κ1) is 19.2. The molecule has 1 N–H and O–H groups in total. The van der Waals surface area contributed by atoms with E-state index in [1.807, 2.05) is 31.0 Å². The van der Waals surface area contributed by atoms with Crippen LogP contribution in [-0.4, -0.2) is 38.1 Å². The Bertz CT molecular complexity index is 1060. The third kappa shape index (κ3) is 3.68. The van der Waals surface area contributed by atoms with Gasteiger partial charge in [-0.1, -0.05) is 19.3 Å².